The summed E-state index contributed by atoms with van der Waals surface area (Å²) < 4.78 is 23.1. The molecule has 0 aromatic heterocycles. The van der Waals surface area contributed by atoms with E-state index in [1.165, 1.54) is 12.1 Å². The molecule has 1 aromatic rings. The molecule has 0 saturated heterocycles. The van der Waals surface area contributed by atoms with Crippen LogP contribution in [0.3, 0.4) is 0 Å². The number of carbonyl (C=O) groups excluding carboxylic acids is 1. The third-order valence-corrected chi connectivity index (χ3v) is 4.87. The highest BCUT2D eigenvalue weighted by molar-refractivity contribution is 8.13. The second-order valence-electron chi connectivity index (χ2n) is 5.42. The van der Waals surface area contributed by atoms with E-state index in [1.807, 2.05) is 0 Å². The molecule has 7 heteroatoms. The van der Waals surface area contributed by atoms with Crippen molar-refractivity contribution in [2.45, 2.75) is 32.1 Å². The van der Waals surface area contributed by atoms with Gasteiger partial charge in [0.05, 0.1) is 4.90 Å². The number of benzene rings is 1. The predicted molar refractivity (Wildman–Crippen MR) is 85.6 cm³/mol. The summed E-state index contributed by atoms with van der Waals surface area (Å²) in [5.41, 5.74) is 0.573. The van der Waals surface area contributed by atoms with E-state index in [2.05, 4.69) is 13.8 Å². The molecule has 0 bridgehead atoms. The Bertz CT molecular complexity index is 642. The Kier molecular flexibility index (Phi) is 6.08. The number of hydrogen-bond donors (Lipinski definition) is 0. The minimum Gasteiger partial charge on any atom is -0.342 e. The highest BCUT2D eigenvalue weighted by Gasteiger charge is 2.22. The van der Waals surface area contributed by atoms with E-state index >= 15 is 0 Å². The smallest absolute Gasteiger partial charge is 0.261 e. The van der Waals surface area contributed by atoms with Crippen LogP contribution in [0.15, 0.2) is 17.0 Å². The van der Waals surface area contributed by atoms with Gasteiger partial charge in [-0.15, -0.1) is 0 Å². The average Bonchev–Trinajstić information content (AvgIpc) is 2.36. The molecule has 0 N–H and O–H groups in total. The van der Waals surface area contributed by atoms with Gasteiger partial charge in [-0.2, -0.15) is 0 Å². The molecule has 0 radical (unpaired) electrons. The summed E-state index contributed by atoms with van der Waals surface area (Å²) in [5.74, 6) is 0.205. The third kappa shape index (κ3) is 4.87. The van der Waals surface area contributed by atoms with Crippen LogP contribution in [0.1, 0.15) is 36.2 Å². The molecular weight excluding hydrogens is 333 g/mol. The molecule has 0 aliphatic carbocycles. The Morgan fingerprint density at radius 1 is 1.33 bits per heavy atom. The number of carbonyl (C=O) groups is 1. The van der Waals surface area contributed by atoms with E-state index in [1.54, 1.807) is 18.9 Å². The lowest BCUT2D eigenvalue weighted by Gasteiger charge is -2.20. The minimum absolute atomic E-state index is 0.128. The summed E-state index contributed by atoms with van der Waals surface area (Å²) in [7, 11) is 3.12. The monoisotopic (exact) mass is 351 g/mol. The van der Waals surface area contributed by atoms with Gasteiger partial charge >= 0.3 is 0 Å². The normalized spacial score (nSPS) is 11.8. The van der Waals surface area contributed by atoms with Crippen LogP contribution in [0, 0.1) is 12.8 Å². The van der Waals surface area contributed by atoms with Crippen molar-refractivity contribution in [3.8, 4) is 0 Å². The highest BCUT2D eigenvalue weighted by Crippen LogP contribution is 2.27. The Morgan fingerprint density at radius 3 is 2.38 bits per heavy atom. The number of nitrogens with zero attached hydrogens (tertiary/aromatic N) is 1. The van der Waals surface area contributed by atoms with Crippen LogP contribution in [0.5, 0.6) is 0 Å². The van der Waals surface area contributed by atoms with Gasteiger partial charge in [0.1, 0.15) is 0 Å². The molecule has 1 aromatic carbocycles. The fourth-order valence-corrected chi connectivity index (χ4v) is 3.40. The fourth-order valence-electron chi connectivity index (χ4n) is 1.89. The predicted octanol–water partition coefficient (Wildman–Crippen LogP) is 3.69. The van der Waals surface area contributed by atoms with Gasteiger partial charge in [-0.3, -0.25) is 4.79 Å². The summed E-state index contributed by atoms with van der Waals surface area (Å²) in [6, 6.07) is 2.72. The van der Waals surface area contributed by atoms with Crippen molar-refractivity contribution in [3.63, 3.8) is 0 Å². The first-order chi connectivity index (χ1) is 9.54. The van der Waals surface area contributed by atoms with Gasteiger partial charge in [0.25, 0.3) is 15.0 Å². The molecule has 0 aliphatic rings. The SMILES string of the molecule is Cc1c(C(=O)N(C)CCC(C)C)cc(Cl)cc1S(=O)(=O)Cl. The van der Waals surface area contributed by atoms with E-state index in [0.29, 0.717) is 18.0 Å². The van der Waals surface area contributed by atoms with E-state index in [-0.39, 0.29) is 21.4 Å². The van der Waals surface area contributed by atoms with Gasteiger partial charge in [-0.05, 0) is 37.0 Å². The molecule has 0 heterocycles. The van der Waals surface area contributed by atoms with Gasteiger partial charge in [0.2, 0.25) is 0 Å². The van der Waals surface area contributed by atoms with Gasteiger partial charge in [-0.1, -0.05) is 25.4 Å². The largest absolute Gasteiger partial charge is 0.342 e. The van der Waals surface area contributed by atoms with Crippen molar-refractivity contribution in [2.24, 2.45) is 5.92 Å². The molecule has 0 fully saturated rings. The van der Waals surface area contributed by atoms with E-state index in [4.69, 9.17) is 22.3 Å². The zero-order valence-electron chi connectivity index (χ0n) is 12.5. The fraction of sp³-hybridized carbons (Fsp3) is 0.500. The third-order valence-electron chi connectivity index (χ3n) is 3.21. The van der Waals surface area contributed by atoms with Crippen molar-refractivity contribution in [2.75, 3.05) is 13.6 Å². The van der Waals surface area contributed by atoms with Crippen molar-refractivity contribution >= 4 is 37.2 Å². The van der Waals surface area contributed by atoms with E-state index in [9.17, 15) is 13.2 Å². The minimum atomic E-state index is -3.95. The first-order valence-electron chi connectivity index (χ1n) is 6.54. The van der Waals surface area contributed by atoms with Crippen molar-refractivity contribution in [1.82, 2.24) is 4.90 Å². The standard InChI is InChI=1S/C14H19Cl2NO3S/c1-9(2)5-6-17(4)14(18)12-7-11(15)8-13(10(12)3)21(16,19)20/h7-9H,5-6H2,1-4H3. The number of rotatable bonds is 5. The molecule has 1 amide bonds. The van der Waals surface area contributed by atoms with Crippen LogP contribution in [0.25, 0.3) is 0 Å². The van der Waals surface area contributed by atoms with Crippen LogP contribution in [-0.4, -0.2) is 32.8 Å². The van der Waals surface area contributed by atoms with E-state index < -0.39 is 9.05 Å². The van der Waals surface area contributed by atoms with Gasteiger partial charge < -0.3 is 4.90 Å². The van der Waals surface area contributed by atoms with Gasteiger partial charge in [0.15, 0.2) is 0 Å². The van der Waals surface area contributed by atoms with Crippen molar-refractivity contribution in [3.05, 3.63) is 28.3 Å². The van der Waals surface area contributed by atoms with Crippen LogP contribution in [0.4, 0.5) is 0 Å². The topological polar surface area (TPSA) is 54.5 Å². The molecule has 0 aliphatic heterocycles. The van der Waals surface area contributed by atoms with Gasteiger partial charge in [-0.25, -0.2) is 8.42 Å². The van der Waals surface area contributed by atoms with E-state index in [0.717, 1.165) is 6.42 Å². The molecule has 0 atom stereocenters. The molecular formula is C14H19Cl2NO3S. The maximum atomic E-state index is 12.4. The highest BCUT2D eigenvalue weighted by atomic mass is 35.7. The maximum absolute atomic E-state index is 12.4. The van der Waals surface area contributed by atoms with Crippen molar-refractivity contribution in [1.29, 1.82) is 0 Å². The first-order valence-corrected chi connectivity index (χ1v) is 9.23. The zero-order valence-corrected chi connectivity index (χ0v) is 14.8. The molecule has 0 spiro atoms. The quantitative estimate of drug-likeness (QED) is 0.760. The Morgan fingerprint density at radius 2 is 1.90 bits per heavy atom. The Balaban J connectivity index is 3.19. The van der Waals surface area contributed by atoms with Crippen LogP contribution >= 0.6 is 22.3 Å². The number of hydrogen-bond acceptors (Lipinski definition) is 3. The molecule has 118 valence electrons. The van der Waals surface area contributed by atoms with Crippen LogP contribution in [-0.2, 0) is 9.05 Å². The molecule has 0 saturated carbocycles. The number of halogens is 2. The Labute approximate surface area is 135 Å². The van der Waals surface area contributed by atoms with Crippen LogP contribution < -0.4 is 0 Å². The zero-order chi connectivity index (χ0) is 16.4. The molecule has 21 heavy (non-hydrogen) atoms. The second-order valence-corrected chi connectivity index (χ2v) is 8.39. The second kappa shape index (κ2) is 6.99. The first kappa shape index (κ1) is 18.3. The summed E-state index contributed by atoms with van der Waals surface area (Å²) in [6.07, 6.45) is 0.864. The van der Waals surface area contributed by atoms with Crippen LogP contribution in [0.2, 0.25) is 5.02 Å². The maximum Gasteiger partial charge on any atom is 0.261 e. The summed E-state index contributed by atoms with van der Waals surface area (Å²) >= 11 is 5.91. The summed E-state index contributed by atoms with van der Waals surface area (Å²) in [4.78, 5) is 13.9. The lowest BCUT2D eigenvalue weighted by atomic mass is 10.1. The molecule has 1 rings (SSSR count). The number of amides is 1. The molecule has 4 nitrogen and oxygen atoms in total. The summed E-state index contributed by atoms with van der Waals surface area (Å²) in [5, 5.41) is 0.167. The van der Waals surface area contributed by atoms with Gasteiger partial charge in [0, 0.05) is 34.9 Å². The van der Waals surface area contributed by atoms with Crippen molar-refractivity contribution < 1.29 is 13.2 Å². The average molecular weight is 352 g/mol. The Hall–Kier alpha value is -0.780. The molecule has 0 unspecified atom stereocenters. The lowest BCUT2D eigenvalue weighted by molar-refractivity contribution is 0.0788. The lowest BCUT2D eigenvalue weighted by Crippen LogP contribution is -2.29. The summed E-state index contributed by atoms with van der Waals surface area (Å²) in [6.45, 7) is 6.28.